The van der Waals surface area contributed by atoms with Crippen LogP contribution in [0.15, 0.2) is 40.1 Å². The lowest BCUT2D eigenvalue weighted by Crippen LogP contribution is -2.50. The van der Waals surface area contributed by atoms with Gasteiger partial charge in [-0.15, -0.1) is 22.7 Å². The third-order valence-electron chi connectivity index (χ3n) is 4.32. The molecule has 0 radical (unpaired) electrons. The van der Waals surface area contributed by atoms with E-state index in [4.69, 9.17) is 0 Å². The van der Waals surface area contributed by atoms with Gasteiger partial charge in [-0.25, -0.2) is 5.01 Å². The Labute approximate surface area is 153 Å². The van der Waals surface area contributed by atoms with Crippen LogP contribution >= 0.6 is 22.7 Å². The van der Waals surface area contributed by atoms with Gasteiger partial charge in [0.2, 0.25) is 5.91 Å². The predicted octanol–water partition coefficient (Wildman–Crippen LogP) is 1.92. The summed E-state index contributed by atoms with van der Waals surface area (Å²) in [7, 11) is 0. The van der Waals surface area contributed by atoms with Crippen LogP contribution in [0.2, 0.25) is 0 Å². The summed E-state index contributed by atoms with van der Waals surface area (Å²) < 4.78 is 0. The molecule has 8 heteroatoms. The zero-order valence-corrected chi connectivity index (χ0v) is 15.2. The normalized spacial score (nSPS) is 21.3. The van der Waals surface area contributed by atoms with Crippen LogP contribution < -0.4 is 5.32 Å². The maximum Gasteiger partial charge on any atom is 0.257 e. The van der Waals surface area contributed by atoms with Gasteiger partial charge in [0.25, 0.3) is 5.91 Å². The average Bonchev–Trinajstić information content (AvgIpc) is 3.34. The molecule has 0 aliphatic carbocycles. The number of hydrogen-bond acceptors (Lipinski definition) is 6. The van der Waals surface area contributed by atoms with Gasteiger partial charge in [-0.3, -0.25) is 14.5 Å². The SMILES string of the molecule is O=C1CN(CC(=O)N2N=C(c3cccs3)CC2c2cccs2)CCN1. The Morgan fingerprint density at radius 2 is 2.12 bits per heavy atom. The number of hydrogen-bond donors (Lipinski definition) is 1. The largest absolute Gasteiger partial charge is 0.354 e. The predicted molar refractivity (Wildman–Crippen MR) is 98.8 cm³/mol. The minimum atomic E-state index is -0.0559. The zero-order valence-electron chi connectivity index (χ0n) is 13.6. The number of carbonyl (C=O) groups is 2. The van der Waals surface area contributed by atoms with Crippen LogP contribution in [0.5, 0.6) is 0 Å². The second kappa shape index (κ2) is 7.07. The fourth-order valence-electron chi connectivity index (χ4n) is 3.12. The minimum Gasteiger partial charge on any atom is -0.354 e. The summed E-state index contributed by atoms with van der Waals surface area (Å²) in [5, 5.41) is 13.1. The molecule has 130 valence electrons. The van der Waals surface area contributed by atoms with Crippen LogP contribution in [0.25, 0.3) is 0 Å². The smallest absolute Gasteiger partial charge is 0.257 e. The third-order valence-corrected chi connectivity index (χ3v) is 6.21. The molecule has 2 aromatic heterocycles. The second-order valence-corrected chi connectivity index (χ2v) is 7.99. The number of nitrogens with one attached hydrogen (secondary N) is 1. The van der Waals surface area contributed by atoms with Crippen molar-refractivity contribution in [1.82, 2.24) is 15.2 Å². The highest BCUT2D eigenvalue weighted by Crippen LogP contribution is 2.35. The lowest BCUT2D eigenvalue weighted by Gasteiger charge is -2.28. The molecule has 4 heterocycles. The number of piperazine rings is 1. The van der Waals surface area contributed by atoms with Crippen molar-refractivity contribution in [2.75, 3.05) is 26.2 Å². The third kappa shape index (κ3) is 3.51. The number of amides is 2. The van der Waals surface area contributed by atoms with E-state index in [2.05, 4.69) is 16.5 Å². The molecular weight excluding hydrogens is 356 g/mol. The maximum absolute atomic E-state index is 12.9. The van der Waals surface area contributed by atoms with Gasteiger partial charge in [0.1, 0.15) is 0 Å². The number of thiophene rings is 2. The molecule has 0 saturated carbocycles. The Bertz CT molecular complexity index is 786. The van der Waals surface area contributed by atoms with Crippen LogP contribution in [0.1, 0.15) is 22.2 Å². The van der Waals surface area contributed by atoms with Gasteiger partial charge >= 0.3 is 0 Å². The number of nitrogens with zero attached hydrogens (tertiary/aromatic N) is 3. The molecule has 0 spiro atoms. The van der Waals surface area contributed by atoms with E-state index in [0.29, 0.717) is 13.1 Å². The van der Waals surface area contributed by atoms with Crippen LogP contribution in [0.4, 0.5) is 0 Å². The van der Waals surface area contributed by atoms with Crippen LogP contribution in [-0.4, -0.2) is 53.6 Å². The second-order valence-electron chi connectivity index (χ2n) is 6.06. The monoisotopic (exact) mass is 374 g/mol. The van der Waals surface area contributed by atoms with E-state index in [1.54, 1.807) is 27.7 Å². The molecule has 6 nitrogen and oxygen atoms in total. The van der Waals surface area contributed by atoms with Crippen molar-refractivity contribution in [2.45, 2.75) is 12.5 Å². The van der Waals surface area contributed by atoms with Gasteiger partial charge in [-0.05, 0) is 22.9 Å². The summed E-state index contributed by atoms with van der Waals surface area (Å²) in [6.45, 7) is 1.77. The lowest BCUT2D eigenvalue weighted by molar-refractivity contribution is -0.135. The van der Waals surface area contributed by atoms with E-state index < -0.39 is 0 Å². The summed E-state index contributed by atoms with van der Waals surface area (Å²) in [6.07, 6.45) is 0.729. The van der Waals surface area contributed by atoms with Crippen LogP contribution in [0.3, 0.4) is 0 Å². The number of hydrazone groups is 1. The zero-order chi connectivity index (χ0) is 17.2. The molecule has 0 bridgehead atoms. The molecule has 25 heavy (non-hydrogen) atoms. The molecular formula is C17H18N4O2S2. The van der Waals surface area contributed by atoms with E-state index in [1.807, 2.05) is 33.9 Å². The van der Waals surface area contributed by atoms with Crippen LogP contribution in [0, 0.1) is 0 Å². The van der Waals surface area contributed by atoms with Crippen molar-refractivity contribution >= 4 is 40.2 Å². The Balaban J connectivity index is 1.54. The Morgan fingerprint density at radius 3 is 2.84 bits per heavy atom. The van der Waals surface area contributed by atoms with E-state index in [9.17, 15) is 9.59 Å². The molecule has 1 fully saturated rings. The van der Waals surface area contributed by atoms with Crippen molar-refractivity contribution in [1.29, 1.82) is 0 Å². The summed E-state index contributed by atoms with van der Waals surface area (Å²) in [5.74, 6) is -0.0855. The highest BCUT2D eigenvalue weighted by Gasteiger charge is 2.35. The molecule has 2 aliphatic rings. The first kappa shape index (κ1) is 16.4. The first-order chi connectivity index (χ1) is 12.2. The number of rotatable bonds is 4. The molecule has 2 amide bonds. The Morgan fingerprint density at radius 1 is 1.28 bits per heavy atom. The molecule has 2 aromatic rings. The average molecular weight is 374 g/mol. The summed E-state index contributed by atoms with van der Waals surface area (Å²) >= 11 is 3.29. The van der Waals surface area contributed by atoms with E-state index in [1.165, 1.54) is 0 Å². The number of carbonyl (C=O) groups excluding carboxylic acids is 2. The van der Waals surface area contributed by atoms with Gasteiger partial charge < -0.3 is 5.32 Å². The quantitative estimate of drug-likeness (QED) is 0.889. The molecule has 1 unspecified atom stereocenters. The fraction of sp³-hybridized carbons (Fsp3) is 0.353. The Kier molecular flexibility index (Phi) is 4.65. The standard InChI is InChI=1S/C17H18N4O2S2/c22-16-10-20(6-5-18-16)11-17(23)21-13(15-4-2-8-25-15)9-12(19-21)14-3-1-7-24-14/h1-4,7-8,13H,5-6,9-11H2,(H,18,22). The maximum atomic E-state index is 12.9. The molecule has 1 saturated heterocycles. The van der Waals surface area contributed by atoms with Gasteiger partial charge in [0, 0.05) is 24.4 Å². The van der Waals surface area contributed by atoms with Crippen LogP contribution in [-0.2, 0) is 9.59 Å². The Hall–Kier alpha value is -2.03. The topological polar surface area (TPSA) is 65.0 Å². The lowest BCUT2D eigenvalue weighted by atomic mass is 10.1. The molecule has 2 aliphatic heterocycles. The van der Waals surface area contributed by atoms with E-state index >= 15 is 0 Å². The van der Waals surface area contributed by atoms with E-state index in [-0.39, 0.29) is 30.9 Å². The van der Waals surface area contributed by atoms with Crippen molar-refractivity contribution in [2.24, 2.45) is 5.10 Å². The molecule has 1 atom stereocenters. The first-order valence-corrected chi connectivity index (χ1v) is 9.92. The molecule has 0 aromatic carbocycles. The molecule has 1 N–H and O–H groups in total. The first-order valence-electron chi connectivity index (χ1n) is 8.16. The molecule has 4 rings (SSSR count). The van der Waals surface area contributed by atoms with Gasteiger partial charge in [0.15, 0.2) is 0 Å². The van der Waals surface area contributed by atoms with Crippen molar-refractivity contribution in [3.05, 3.63) is 44.8 Å². The van der Waals surface area contributed by atoms with Gasteiger partial charge in [-0.1, -0.05) is 12.1 Å². The van der Waals surface area contributed by atoms with E-state index in [0.717, 1.165) is 21.9 Å². The summed E-state index contributed by atoms with van der Waals surface area (Å²) in [6, 6.07) is 8.04. The highest BCUT2D eigenvalue weighted by molar-refractivity contribution is 7.12. The summed E-state index contributed by atoms with van der Waals surface area (Å²) in [5.41, 5.74) is 0.957. The van der Waals surface area contributed by atoms with Gasteiger partial charge in [0.05, 0.1) is 29.7 Å². The highest BCUT2D eigenvalue weighted by atomic mass is 32.1. The van der Waals surface area contributed by atoms with Crippen molar-refractivity contribution in [3.8, 4) is 0 Å². The van der Waals surface area contributed by atoms with Gasteiger partial charge in [-0.2, -0.15) is 5.10 Å². The fourth-order valence-corrected chi connectivity index (χ4v) is 4.66. The summed E-state index contributed by atoms with van der Waals surface area (Å²) in [4.78, 5) is 28.6. The minimum absolute atomic E-state index is 0.0296. The van der Waals surface area contributed by atoms with Crippen molar-refractivity contribution in [3.63, 3.8) is 0 Å². The van der Waals surface area contributed by atoms with Crippen molar-refractivity contribution < 1.29 is 9.59 Å².